The maximum Gasteiger partial charge on any atom is 0.291 e. The largest absolute Gasteiger partial charge is 0.486 e. The summed E-state index contributed by atoms with van der Waals surface area (Å²) in [6, 6.07) is 19.0. The summed E-state index contributed by atoms with van der Waals surface area (Å²) in [4.78, 5) is 23.5. The highest BCUT2D eigenvalue weighted by Crippen LogP contribution is 2.32. The van der Waals surface area contributed by atoms with Crippen molar-refractivity contribution >= 4 is 40.5 Å². The molecule has 4 aromatic rings. The number of furan rings is 1. The molecular formula is C25H18Cl2N2O6. The first-order valence-corrected chi connectivity index (χ1v) is 11.0. The van der Waals surface area contributed by atoms with Crippen LogP contribution in [0.5, 0.6) is 17.2 Å². The van der Waals surface area contributed by atoms with Crippen LogP contribution < -0.4 is 14.8 Å². The van der Waals surface area contributed by atoms with Crippen LogP contribution in [0.2, 0.25) is 10.0 Å². The molecule has 0 aliphatic heterocycles. The number of hydrogen-bond acceptors (Lipinski definition) is 6. The van der Waals surface area contributed by atoms with Crippen molar-refractivity contribution in [3.8, 4) is 17.2 Å². The molecule has 1 N–H and O–H groups in total. The van der Waals surface area contributed by atoms with Crippen LogP contribution in [0, 0.1) is 17.0 Å². The molecule has 8 nitrogen and oxygen atoms in total. The fourth-order valence-corrected chi connectivity index (χ4v) is 3.56. The molecular weight excluding hydrogens is 495 g/mol. The van der Waals surface area contributed by atoms with Crippen molar-refractivity contribution in [2.75, 3.05) is 5.32 Å². The first-order chi connectivity index (χ1) is 16.8. The molecule has 0 radical (unpaired) electrons. The summed E-state index contributed by atoms with van der Waals surface area (Å²) in [5, 5.41) is 15.1. The Morgan fingerprint density at radius 2 is 1.80 bits per heavy atom. The SMILES string of the molecule is Cc1cc(Cl)ccc1Oc1cc(NC(=O)c2ccc(COc3cccc(Cl)c3)o2)cc([N+](=O)[O-])c1. The molecule has 0 spiro atoms. The van der Waals surface area contributed by atoms with E-state index in [0.717, 1.165) is 5.56 Å². The second kappa shape index (κ2) is 10.5. The van der Waals surface area contributed by atoms with Crippen molar-refractivity contribution < 1.29 is 23.6 Å². The molecule has 0 aliphatic carbocycles. The van der Waals surface area contributed by atoms with Gasteiger partial charge in [-0.1, -0.05) is 29.3 Å². The normalized spacial score (nSPS) is 10.6. The molecule has 0 aliphatic rings. The second-order valence-corrected chi connectivity index (χ2v) is 8.32. The summed E-state index contributed by atoms with van der Waals surface area (Å²) < 4.78 is 17.0. The Morgan fingerprint density at radius 1 is 1.00 bits per heavy atom. The number of rotatable bonds is 8. The van der Waals surface area contributed by atoms with Crippen LogP contribution in [0.15, 0.2) is 77.2 Å². The summed E-state index contributed by atoms with van der Waals surface area (Å²) in [6.45, 7) is 1.88. The quantitative estimate of drug-likeness (QED) is 0.194. The molecule has 1 aromatic heterocycles. The zero-order chi connectivity index (χ0) is 24.9. The van der Waals surface area contributed by atoms with E-state index in [9.17, 15) is 14.9 Å². The molecule has 0 saturated heterocycles. The fraction of sp³-hybridized carbons (Fsp3) is 0.0800. The topological polar surface area (TPSA) is 104 Å². The second-order valence-electron chi connectivity index (χ2n) is 7.45. The number of anilines is 1. The lowest BCUT2D eigenvalue weighted by Gasteiger charge is -2.11. The highest BCUT2D eigenvalue weighted by atomic mass is 35.5. The molecule has 0 bridgehead atoms. The zero-order valence-electron chi connectivity index (χ0n) is 18.3. The van der Waals surface area contributed by atoms with Crippen molar-refractivity contribution in [2.24, 2.45) is 0 Å². The number of nitrogens with zero attached hydrogens (tertiary/aromatic N) is 1. The van der Waals surface area contributed by atoms with E-state index in [-0.39, 0.29) is 29.5 Å². The van der Waals surface area contributed by atoms with Gasteiger partial charge in [0, 0.05) is 22.2 Å². The number of nitro benzene ring substituents is 1. The van der Waals surface area contributed by atoms with E-state index in [4.69, 9.17) is 37.1 Å². The molecule has 1 amide bonds. The molecule has 10 heteroatoms. The highest BCUT2D eigenvalue weighted by molar-refractivity contribution is 6.31. The maximum atomic E-state index is 12.7. The number of carbonyl (C=O) groups excluding carboxylic acids is 1. The van der Waals surface area contributed by atoms with Gasteiger partial charge in [-0.3, -0.25) is 14.9 Å². The van der Waals surface area contributed by atoms with Crippen LogP contribution in [-0.2, 0) is 6.61 Å². The third-order valence-corrected chi connectivity index (χ3v) is 5.26. The lowest BCUT2D eigenvalue weighted by atomic mass is 10.2. The smallest absolute Gasteiger partial charge is 0.291 e. The third kappa shape index (κ3) is 6.32. The number of aryl methyl sites for hydroxylation is 1. The number of non-ortho nitro benzene ring substituents is 1. The molecule has 0 unspecified atom stereocenters. The minimum atomic E-state index is -0.590. The zero-order valence-corrected chi connectivity index (χ0v) is 19.8. The van der Waals surface area contributed by atoms with E-state index in [1.807, 2.05) is 0 Å². The first-order valence-electron chi connectivity index (χ1n) is 10.3. The molecule has 178 valence electrons. The predicted octanol–water partition coefficient (Wildman–Crippen LogP) is 7.43. The van der Waals surface area contributed by atoms with Gasteiger partial charge in [-0.05, 0) is 61.0 Å². The average Bonchev–Trinajstić information content (AvgIpc) is 3.29. The van der Waals surface area contributed by atoms with Crippen LogP contribution in [0.25, 0.3) is 0 Å². The van der Waals surface area contributed by atoms with Crippen LogP contribution in [0.1, 0.15) is 21.9 Å². The van der Waals surface area contributed by atoms with E-state index in [2.05, 4.69) is 5.32 Å². The first kappa shape index (κ1) is 24.1. The summed E-state index contributed by atoms with van der Waals surface area (Å²) >= 11 is 11.9. The van der Waals surface area contributed by atoms with Gasteiger partial charge >= 0.3 is 0 Å². The molecule has 0 saturated carbocycles. The Balaban J connectivity index is 1.48. The highest BCUT2D eigenvalue weighted by Gasteiger charge is 2.17. The van der Waals surface area contributed by atoms with Crippen LogP contribution >= 0.6 is 23.2 Å². The van der Waals surface area contributed by atoms with Crippen molar-refractivity contribution in [2.45, 2.75) is 13.5 Å². The van der Waals surface area contributed by atoms with Gasteiger partial charge in [0.2, 0.25) is 0 Å². The van der Waals surface area contributed by atoms with E-state index in [1.165, 1.54) is 24.3 Å². The van der Waals surface area contributed by atoms with Gasteiger partial charge in [0.05, 0.1) is 16.7 Å². The Hall–Kier alpha value is -4.01. The van der Waals surface area contributed by atoms with Gasteiger partial charge < -0.3 is 19.2 Å². The summed E-state index contributed by atoms with van der Waals surface area (Å²) in [5.74, 6) is 1.04. The van der Waals surface area contributed by atoms with E-state index < -0.39 is 10.8 Å². The van der Waals surface area contributed by atoms with Crippen LogP contribution in [0.3, 0.4) is 0 Å². The Morgan fingerprint density at radius 3 is 2.54 bits per heavy atom. The minimum Gasteiger partial charge on any atom is -0.486 e. The van der Waals surface area contributed by atoms with Gasteiger partial charge in [0.15, 0.2) is 5.76 Å². The predicted molar refractivity (Wildman–Crippen MR) is 132 cm³/mol. The standard InChI is InChI=1S/C25H18Cl2N2O6/c1-15-9-17(27)5-7-23(15)35-22-12-18(11-19(13-22)29(31)32)28-25(30)24-8-6-21(34-24)14-33-20-4-2-3-16(26)10-20/h2-13H,14H2,1H3,(H,28,30). The minimum absolute atomic E-state index is 0.0113. The van der Waals surface area contributed by atoms with Crippen molar-refractivity contribution in [3.63, 3.8) is 0 Å². The average molecular weight is 513 g/mol. The van der Waals surface area contributed by atoms with Gasteiger partial charge in [0.25, 0.3) is 11.6 Å². The van der Waals surface area contributed by atoms with E-state index >= 15 is 0 Å². The summed E-state index contributed by atoms with van der Waals surface area (Å²) in [6.07, 6.45) is 0. The molecule has 4 rings (SSSR count). The van der Waals surface area contributed by atoms with Gasteiger partial charge in [-0.2, -0.15) is 0 Å². The Kier molecular flexibility index (Phi) is 7.24. The van der Waals surface area contributed by atoms with Crippen LogP contribution in [0.4, 0.5) is 11.4 Å². The van der Waals surface area contributed by atoms with E-state index in [1.54, 1.807) is 55.5 Å². The lowest BCUT2D eigenvalue weighted by molar-refractivity contribution is -0.384. The number of amides is 1. The molecule has 0 fully saturated rings. The Bertz CT molecular complexity index is 1400. The fourth-order valence-electron chi connectivity index (χ4n) is 3.16. The molecule has 0 atom stereocenters. The third-order valence-electron chi connectivity index (χ3n) is 4.79. The van der Waals surface area contributed by atoms with Gasteiger partial charge in [0.1, 0.15) is 29.6 Å². The monoisotopic (exact) mass is 512 g/mol. The molecule has 3 aromatic carbocycles. The number of nitro groups is 1. The number of halogens is 2. The summed E-state index contributed by atoms with van der Waals surface area (Å²) in [5.41, 5.74) is 0.663. The Labute approximate surface area is 210 Å². The summed E-state index contributed by atoms with van der Waals surface area (Å²) in [7, 11) is 0. The van der Waals surface area contributed by atoms with Crippen LogP contribution in [-0.4, -0.2) is 10.8 Å². The van der Waals surface area contributed by atoms with Crippen molar-refractivity contribution in [3.05, 3.63) is 110 Å². The molecule has 35 heavy (non-hydrogen) atoms. The van der Waals surface area contributed by atoms with Gasteiger partial charge in [-0.25, -0.2) is 0 Å². The van der Waals surface area contributed by atoms with Crippen molar-refractivity contribution in [1.29, 1.82) is 0 Å². The number of carbonyl (C=O) groups is 1. The maximum absolute atomic E-state index is 12.7. The molecule has 1 heterocycles. The van der Waals surface area contributed by atoms with E-state index in [0.29, 0.717) is 27.3 Å². The number of benzene rings is 3. The van der Waals surface area contributed by atoms with Gasteiger partial charge in [-0.15, -0.1) is 0 Å². The lowest BCUT2D eigenvalue weighted by Crippen LogP contribution is -2.11. The number of hydrogen-bond donors (Lipinski definition) is 1. The van der Waals surface area contributed by atoms with Crippen molar-refractivity contribution in [1.82, 2.24) is 0 Å². The number of ether oxygens (including phenoxy) is 2. The number of nitrogens with one attached hydrogen (secondary N) is 1.